The topological polar surface area (TPSA) is 86.0 Å². The number of amides is 1. The summed E-state index contributed by atoms with van der Waals surface area (Å²) in [5.41, 5.74) is -0.0822. The fraction of sp³-hybridized carbons (Fsp3) is 0.375. The second-order valence-corrected chi connectivity index (χ2v) is 5.53. The molecule has 2 aromatic rings. The number of carbonyl (C=O) groups is 1. The van der Waals surface area contributed by atoms with Crippen molar-refractivity contribution in [3.8, 4) is 5.69 Å². The van der Waals surface area contributed by atoms with E-state index >= 15 is 0 Å². The first kappa shape index (κ1) is 16.7. The summed E-state index contributed by atoms with van der Waals surface area (Å²) in [5, 5.41) is 6.67. The van der Waals surface area contributed by atoms with Gasteiger partial charge in [-0.2, -0.15) is 9.78 Å². The molecule has 122 valence electrons. The van der Waals surface area contributed by atoms with Crippen LogP contribution in [-0.2, 0) is 7.05 Å². The van der Waals surface area contributed by atoms with Gasteiger partial charge in [0.15, 0.2) is 0 Å². The van der Waals surface area contributed by atoms with Crippen molar-refractivity contribution in [3.05, 3.63) is 56.4 Å². The van der Waals surface area contributed by atoms with Gasteiger partial charge in [-0.25, -0.2) is 4.79 Å². The van der Waals surface area contributed by atoms with Crippen molar-refractivity contribution < 1.29 is 4.79 Å². The first-order chi connectivity index (χ1) is 10.8. The zero-order valence-electron chi connectivity index (χ0n) is 13.7. The average Bonchev–Trinajstić information content (AvgIpc) is 2.53. The van der Waals surface area contributed by atoms with Gasteiger partial charge >= 0.3 is 5.69 Å². The molecule has 1 amide bonds. The Hall–Kier alpha value is -2.70. The summed E-state index contributed by atoms with van der Waals surface area (Å²) in [7, 11) is 1.33. The van der Waals surface area contributed by atoms with Crippen molar-refractivity contribution in [1.29, 1.82) is 0 Å². The molecule has 0 aliphatic rings. The highest BCUT2D eigenvalue weighted by Crippen LogP contribution is 2.05. The van der Waals surface area contributed by atoms with E-state index in [0.717, 1.165) is 21.2 Å². The second kappa shape index (κ2) is 6.60. The maximum Gasteiger partial charge on any atom is 0.351 e. The molecule has 1 aromatic carbocycles. The van der Waals surface area contributed by atoms with Crippen LogP contribution < -0.4 is 16.6 Å². The fourth-order valence-electron chi connectivity index (χ4n) is 1.96. The van der Waals surface area contributed by atoms with Gasteiger partial charge in [-0.05, 0) is 32.4 Å². The van der Waals surface area contributed by atoms with Crippen LogP contribution >= 0.6 is 0 Å². The summed E-state index contributed by atoms with van der Waals surface area (Å²) in [6, 6.07) is 6.99. The third-order valence-electron chi connectivity index (χ3n) is 3.66. The predicted octanol–water partition coefficient (Wildman–Crippen LogP) is 0.768. The third kappa shape index (κ3) is 3.39. The molecule has 0 bridgehead atoms. The molecular formula is C16H20N4O3. The van der Waals surface area contributed by atoms with E-state index in [4.69, 9.17) is 0 Å². The van der Waals surface area contributed by atoms with Crippen LogP contribution in [0.4, 0.5) is 0 Å². The number of nitrogens with one attached hydrogen (secondary N) is 1. The van der Waals surface area contributed by atoms with Gasteiger partial charge in [0.25, 0.3) is 11.5 Å². The van der Waals surface area contributed by atoms with Gasteiger partial charge in [-0.1, -0.05) is 24.6 Å². The van der Waals surface area contributed by atoms with Crippen LogP contribution in [0.25, 0.3) is 5.69 Å². The van der Waals surface area contributed by atoms with Crippen LogP contribution in [-0.4, -0.2) is 26.3 Å². The van der Waals surface area contributed by atoms with E-state index in [9.17, 15) is 14.4 Å². The van der Waals surface area contributed by atoms with Crippen molar-refractivity contribution in [2.75, 3.05) is 0 Å². The number of nitrogens with zero attached hydrogens (tertiary/aromatic N) is 3. The van der Waals surface area contributed by atoms with E-state index in [-0.39, 0.29) is 11.7 Å². The maximum atomic E-state index is 12.3. The Balaban J connectivity index is 2.57. The molecule has 7 nitrogen and oxygen atoms in total. The minimum Gasteiger partial charge on any atom is -0.348 e. The lowest BCUT2D eigenvalue weighted by molar-refractivity contribution is 0.0929. The number of aromatic nitrogens is 3. The molecule has 1 N–H and O–H groups in total. The molecule has 1 atom stereocenters. The standard InChI is InChI=1S/C16H20N4O3/c1-5-11(3)17-14(21)13-15(22)19(4)16(23)20(18-13)12-8-6-10(2)7-9-12/h6-9,11H,5H2,1-4H3,(H,17,21)/t11-/m0/s1. The first-order valence-corrected chi connectivity index (χ1v) is 7.43. The summed E-state index contributed by atoms with van der Waals surface area (Å²) >= 11 is 0. The second-order valence-electron chi connectivity index (χ2n) is 5.53. The zero-order chi connectivity index (χ0) is 17.1. The predicted molar refractivity (Wildman–Crippen MR) is 87.0 cm³/mol. The number of hydrogen-bond donors (Lipinski definition) is 1. The number of rotatable bonds is 4. The van der Waals surface area contributed by atoms with Crippen molar-refractivity contribution in [3.63, 3.8) is 0 Å². The van der Waals surface area contributed by atoms with Crippen molar-refractivity contribution in [2.24, 2.45) is 7.05 Å². The SMILES string of the molecule is CC[C@H](C)NC(=O)c1nn(-c2ccc(C)cc2)c(=O)n(C)c1=O. The molecule has 2 rings (SSSR count). The monoisotopic (exact) mass is 316 g/mol. The van der Waals surface area contributed by atoms with Crippen LogP contribution in [0.15, 0.2) is 33.9 Å². The minimum absolute atomic E-state index is 0.0891. The normalized spacial score (nSPS) is 12.0. The maximum absolute atomic E-state index is 12.3. The van der Waals surface area contributed by atoms with Gasteiger partial charge in [0, 0.05) is 13.1 Å². The smallest absolute Gasteiger partial charge is 0.348 e. The Kier molecular flexibility index (Phi) is 4.78. The number of aryl methyl sites for hydroxylation is 1. The van der Waals surface area contributed by atoms with Crippen LogP contribution in [0, 0.1) is 6.92 Å². The largest absolute Gasteiger partial charge is 0.351 e. The van der Waals surface area contributed by atoms with E-state index in [0.29, 0.717) is 5.69 Å². The summed E-state index contributed by atoms with van der Waals surface area (Å²) in [4.78, 5) is 36.7. The third-order valence-corrected chi connectivity index (χ3v) is 3.66. The van der Waals surface area contributed by atoms with Crippen LogP contribution in [0.3, 0.4) is 0 Å². The molecule has 7 heteroatoms. The molecule has 1 heterocycles. The molecule has 0 saturated carbocycles. The quantitative estimate of drug-likeness (QED) is 0.902. The van der Waals surface area contributed by atoms with Gasteiger partial charge in [-0.15, -0.1) is 0 Å². The Bertz CT molecular complexity index is 834. The van der Waals surface area contributed by atoms with Gasteiger partial charge in [-0.3, -0.25) is 14.2 Å². The average molecular weight is 316 g/mol. The minimum atomic E-state index is -0.709. The molecule has 0 saturated heterocycles. The molecule has 0 spiro atoms. The van der Waals surface area contributed by atoms with E-state index in [2.05, 4.69) is 10.4 Å². The van der Waals surface area contributed by atoms with Gasteiger partial charge in [0.05, 0.1) is 5.69 Å². The van der Waals surface area contributed by atoms with Crippen LogP contribution in [0.1, 0.15) is 36.3 Å². The summed E-state index contributed by atoms with van der Waals surface area (Å²) in [6.45, 7) is 5.67. The first-order valence-electron chi connectivity index (χ1n) is 7.43. The molecule has 0 aliphatic heterocycles. The Labute approximate surface area is 133 Å². The van der Waals surface area contributed by atoms with E-state index in [1.165, 1.54) is 7.05 Å². The Morgan fingerprint density at radius 2 is 1.87 bits per heavy atom. The summed E-state index contributed by atoms with van der Waals surface area (Å²) in [6.07, 6.45) is 0.726. The molecular weight excluding hydrogens is 296 g/mol. The molecule has 0 unspecified atom stereocenters. The van der Waals surface area contributed by atoms with Gasteiger partial charge < -0.3 is 5.32 Å². The number of benzene rings is 1. The molecule has 1 aromatic heterocycles. The molecule has 23 heavy (non-hydrogen) atoms. The number of carbonyl (C=O) groups excluding carboxylic acids is 1. The van der Waals surface area contributed by atoms with E-state index in [1.54, 1.807) is 12.1 Å². The lowest BCUT2D eigenvalue weighted by atomic mass is 10.2. The lowest BCUT2D eigenvalue weighted by Crippen LogP contribution is -2.45. The lowest BCUT2D eigenvalue weighted by Gasteiger charge is -2.12. The summed E-state index contributed by atoms with van der Waals surface area (Å²) < 4.78 is 1.95. The highest BCUT2D eigenvalue weighted by Gasteiger charge is 2.19. The van der Waals surface area contributed by atoms with Gasteiger partial charge in [0.1, 0.15) is 0 Å². The van der Waals surface area contributed by atoms with E-state index < -0.39 is 17.2 Å². The van der Waals surface area contributed by atoms with Crippen molar-refractivity contribution >= 4 is 5.91 Å². The van der Waals surface area contributed by atoms with Gasteiger partial charge in [0.2, 0.25) is 5.69 Å². The Morgan fingerprint density at radius 1 is 1.26 bits per heavy atom. The fourth-order valence-corrected chi connectivity index (χ4v) is 1.96. The highest BCUT2D eigenvalue weighted by atomic mass is 16.2. The highest BCUT2D eigenvalue weighted by molar-refractivity contribution is 5.91. The Morgan fingerprint density at radius 3 is 2.43 bits per heavy atom. The number of hydrogen-bond acceptors (Lipinski definition) is 4. The zero-order valence-corrected chi connectivity index (χ0v) is 13.7. The molecule has 0 aliphatic carbocycles. The molecule has 0 fully saturated rings. The van der Waals surface area contributed by atoms with Crippen LogP contribution in [0.5, 0.6) is 0 Å². The van der Waals surface area contributed by atoms with Crippen LogP contribution in [0.2, 0.25) is 0 Å². The molecule has 0 radical (unpaired) electrons. The van der Waals surface area contributed by atoms with Crippen molar-refractivity contribution in [1.82, 2.24) is 19.7 Å². The van der Waals surface area contributed by atoms with Crippen molar-refractivity contribution in [2.45, 2.75) is 33.2 Å². The van der Waals surface area contributed by atoms with E-state index in [1.807, 2.05) is 32.9 Å². The summed E-state index contributed by atoms with van der Waals surface area (Å²) in [5.74, 6) is -0.583.